The van der Waals surface area contributed by atoms with Crippen molar-refractivity contribution < 1.29 is 4.98 Å². The zero-order chi connectivity index (χ0) is 14.2. The molecule has 0 amide bonds. The number of hydrogen-bond donors (Lipinski definition) is 3. The van der Waals surface area contributed by atoms with Crippen molar-refractivity contribution in [3.63, 3.8) is 0 Å². The fourth-order valence-electron chi connectivity index (χ4n) is 2.23. The molecule has 1 aromatic carbocycles. The molecule has 3 aromatic rings. The van der Waals surface area contributed by atoms with E-state index in [4.69, 9.17) is 0 Å². The van der Waals surface area contributed by atoms with Gasteiger partial charge in [-0.2, -0.15) is 4.98 Å². The van der Waals surface area contributed by atoms with Crippen molar-refractivity contribution in [2.45, 2.75) is 25.8 Å². The molecule has 4 rings (SSSR count). The second-order valence-electron chi connectivity index (χ2n) is 5.46. The van der Waals surface area contributed by atoms with E-state index in [1.165, 1.54) is 18.4 Å². The smallest absolute Gasteiger partial charge is 0.307 e. The molecule has 0 unspecified atom stereocenters. The number of nitrogens with zero attached hydrogens (tertiary/aromatic N) is 2. The SMILES string of the molecule is Cc1ccc(Nc2nc(NC3CC3)c3[nH]c[nH+]c3n2)cc1. The molecule has 1 saturated carbocycles. The van der Waals surface area contributed by atoms with Gasteiger partial charge >= 0.3 is 11.6 Å². The van der Waals surface area contributed by atoms with E-state index in [2.05, 4.69) is 49.6 Å². The lowest BCUT2D eigenvalue weighted by molar-refractivity contribution is -0.347. The Balaban J connectivity index is 1.68. The van der Waals surface area contributed by atoms with Crippen LogP contribution >= 0.6 is 0 Å². The monoisotopic (exact) mass is 281 g/mol. The second kappa shape index (κ2) is 4.73. The Morgan fingerprint density at radius 3 is 2.76 bits per heavy atom. The molecule has 106 valence electrons. The highest BCUT2D eigenvalue weighted by Crippen LogP contribution is 2.27. The minimum absolute atomic E-state index is 0.540. The molecule has 6 nitrogen and oxygen atoms in total. The number of aryl methyl sites for hydroxylation is 1. The molecule has 0 radical (unpaired) electrons. The van der Waals surface area contributed by atoms with Gasteiger partial charge in [-0.1, -0.05) is 22.7 Å². The Labute approximate surface area is 122 Å². The predicted molar refractivity (Wildman–Crippen MR) is 81.6 cm³/mol. The van der Waals surface area contributed by atoms with Gasteiger partial charge in [-0.3, -0.25) is 4.98 Å². The Hall–Kier alpha value is -2.63. The van der Waals surface area contributed by atoms with Crippen LogP contribution < -0.4 is 15.6 Å². The lowest BCUT2D eigenvalue weighted by Gasteiger charge is -2.06. The summed E-state index contributed by atoms with van der Waals surface area (Å²) in [5.74, 6) is 1.43. The number of nitrogens with one attached hydrogen (secondary N) is 4. The molecular weight excluding hydrogens is 264 g/mol. The Morgan fingerprint density at radius 2 is 2.00 bits per heavy atom. The molecule has 1 fully saturated rings. The van der Waals surface area contributed by atoms with Gasteiger partial charge in [0.25, 0.3) is 0 Å². The molecule has 1 aliphatic rings. The molecule has 0 saturated heterocycles. The number of rotatable bonds is 4. The van der Waals surface area contributed by atoms with Gasteiger partial charge in [-0.25, -0.2) is 4.98 Å². The first kappa shape index (κ1) is 12.1. The summed E-state index contributed by atoms with van der Waals surface area (Å²) in [5, 5.41) is 6.69. The van der Waals surface area contributed by atoms with E-state index in [9.17, 15) is 0 Å². The van der Waals surface area contributed by atoms with Gasteiger partial charge in [0.15, 0.2) is 12.1 Å². The fraction of sp³-hybridized carbons (Fsp3) is 0.267. The number of H-pyrrole nitrogens is 2. The highest BCUT2D eigenvalue weighted by Gasteiger charge is 2.25. The van der Waals surface area contributed by atoms with Crippen molar-refractivity contribution in [2.75, 3.05) is 10.6 Å². The Morgan fingerprint density at radius 1 is 1.19 bits per heavy atom. The average Bonchev–Trinajstić information content (AvgIpc) is 3.16. The first-order chi connectivity index (χ1) is 10.3. The predicted octanol–water partition coefficient (Wildman–Crippen LogP) is 2.40. The Kier molecular flexibility index (Phi) is 2.73. The van der Waals surface area contributed by atoms with Crippen LogP contribution in [0.15, 0.2) is 30.6 Å². The number of hydrogen-bond acceptors (Lipinski definition) is 4. The van der Waals surface area contributed by atoms with Gasteiger partial charge in [0.05, 0.1) is 0 Å². The van der Waals surface area contributed by atoms with Gasteiger partial charge < -0.3 is 10.6 Å². The average molecular weight is 281 g/mol. The van der Waals surface area contributed by atoms with E-state index in [1.54, 1.807) is 6.33 Å². The summed E-state index contributed by atoms with van der Waals surface area (Å²) in [6.07, 6.45) is 4.18. The molecule has 6 heteroatoms. The third kappa shape index (κ3) is 2.52. The largest absolute Gasteiger partial charge is 0.364 e. The van der Waals surface area contributed by atoms with Gasteiger partial charge in [-0.05, 0) is 31.9 Å². The van der Waals surface area contributed by atoms with Crippen LogP contribution in [0.2, 0.25) is 0 Å². The van der Waals surface area contributed by atoms with Crippen LogP contribution in [0.3, 0.4) is 0 Å². The molecule has 21 heavy (non-hydrogen) atoms. The first-order valence-corrected chi connectivity index (χ1v) is 7.15. The van der Waals surface area contributed by atoms with Crippen LogP contribution in [0.5, 0.6) is 0 Å². The van der Waals surface area contributed by atoms with Crippen LogP contribution in [0.4, 0.5) is 17.5 Å². The lowest BCUT2D eigenvalue weighted by atomic mass is 10.2. The molecule has 0 spiro atoms. The third-order valence-corrected chi connectivity index (χ3v) is 3.56. The number of aromatic amines is 2. The van der Waals surface area contributed by atoms with Crippen LogP contribution in [-0.4, -0.2) is 21.0 Å². The second-order valence-corrected chi connectivity index (χ2v) is 5.46. The van der Waals surface area contributed by atoms with Crippen molar-refractivity contribution in [1.82, 2.24) is 15.0 Å². The van der Waals surface area contributed by atoms with Crippen LogP contribution in [-0.2, 0) is 0 Å². The summed E-state index contributed by atoms with van der Waals surface area (Å²) in [7, 11) is 0. The zero-order valence-corrected chi connectivity index (χ0v) is 11.8. The van der Waals surface area contributed by atoms with Crippen LogP contribution in [0, 0.1) is 6.92 Å². The molecule has 2 aromatic heterocycles. The van der Waals surface area contributed by atoms with Crippen molar-refractivity contribution in [2.24, 2.45) is 0 Å². The number of benzene rings is 1. The van der Waals surface area contributed by atoms with Crippen molar-refractivity contribution in [3.05, 3.63) is 36.2 Å². The van der Waals surface area contributed by atoms with E-state index < -0.39 is 0 Å². The third-order valence-electron chi connectivity index (χ3n) is 3.56. The maximum absolute atomic E-state index is 4.59. The van der Waals surface area contributed by atoms with Gasteiger partial charge in [-0.15, -0.1) is 0 Å². The quantitative estimate of drug-likeness (QED) is 0.686. The number of imidazole rings is 1. The molecular formula is C15H17N6+. The molecule has 2 heterocycles. The minimum atomic E-state index is 0.540. The summed E-state index contributed by atoms with van der Waals surface area (Å²) in [4.78, 5) is 15.3. The Bertz CT molecular complexity index is 772. The normalized spacial score (nSPS) is 14.3. The van der Waals surface area contributed by atoms with Gasteiger partial charge in [0.1, 0.15) is 0 Å². The summed E-state index contributed by atoms with van der Waals surface area (Å²) in [5.41, 5.74) is 3.92. The van der Waals surface area contributed by atoms with E-state index in [-0.39, 0.29) is 0 Å². The summed E-state index contributed by atoms with van der Waals surface area (Å²) in [6.45, 7) is 2.07. The maximum Gasteiger partial charge on any atom is 0.307 e. The van der Waals surface area contributed by atoms with Crippen molar-refractivity contribution in [1.29, 1.82) is 0 Å². The molecule has 1 aliphatic carbocycles. The molecule has 0 bridgehead atoms. The first-order valence-electron chi connectivity index (χ1n) is 7.15. The van der Waals surface area contributed by atoms with Crippen LogP contribution in [0.25, 0.3) is 11.2 Å². The van der Waals surface area contributed by atoms with E-state index in [0.29, 0.717) is 12.0 Å². The van der Waals surface area contributed by atoms with Crippen molar-refractivity contribution >= 4 is 28.6 Å². The summed E-state index contributed by atoms with van der Waals surface area (Å²) >= 11 is 0. The standard InChI is InChI=1S/C15H16N6/c1-9-2-4-11(5-3-9)19-15-20-13-12(16-8-17-13)14(21-15)18-10-6-7-10/h2-5,8,10H,6-7H2,1H3,(H3,16,17,18,19,20,21)/p+1. The topological polar surface area (TPSA) is 79.8 Å². The van der Waals surface area contributed by atoms with Gasteiger partial charge in [0.2, 0.25) is 5.52 Å². The van der Waals surface area contributed by atoms with E-state index in [1.807, 2.05) is 12.1 Å². The summed E-state index contributed by atoms with van der Waals surface area (Å²) in [6, 6.07) is 8.72. The maximum atomic E-state index is 4.59. The zero-order valence-electron chi connectivity index (χ0n) is 11.8. The summed E-state index contributed by atoms with van der Waals surface area (Å²) < 4.78 is 0. The van der Waals surface area contributed by atoms with E-state index >= 15 is 0 Å². The number of fused-ring (bicyclic) bond motifs is 1. The molecule has 4 N–H and O–H groups in total. The van der Waals surface area contributed by atoms with E-state index in [0.717, 1.165) is 22.7 Å². The lowest BCUT2D eigenvalue weighted by Crippen LogP contribution is -2.08. The number of anilines is 3. The molecule has 0 atom stereocenters. The minimum Gasteiger partial charge on any atom is -0.364 e. The highest BCUT2D eigenvalue weighted by molar-refractivity contribution is 5.82. The van der Waals surface area contributed by atoms with Crippen LogP contribution in [0.1, 0.15) is 18.4 Å². The number of aromatic nitrogens is 4. The highest BCUT2D eigenvalue weighted by atomic mass is 15.2. The molecule has 0 aliphatic heterocycles. The fourth-order valence-corrected chi connectivity index (χ4v) is 2.23. The van der Waals surface area contributed by atoms with Crippen molar-refractivity contribution in [3.8, 4) is 0 Å². The van der Waals surface area contributed by atoms with Gasteiger partial charge in [0, 0.05) is 11.7 Å².